The van der Waals surface area contributed by atoms with E-state index in [9.17, 15) is 9.59 Å². The van der Waals surface area contributed by atoms with Crippen LogP contribution in [-0.4, -0.2) is 15.9 Å². The van der Waals surface area contributed by atoms with E-state index in [1.165, 1.54) is 17.4 Å². The van der Waals surface area contributed by atoms with Crippen molar-refractivity contribution in [3.8, 4) is 10.4 Å². The monoisotopic (exact) mass is 360 g/mol. The number of nitrogens with zero attached hydrogens (tertiary/aromatic N) is 1. The third-order valence-corrected chi connectivity index (χ3v) is 5.11. The van der Waals surface area contributed by atoms with Crippen LogP contribution in [-0.2, 0) is 9.53 Å². The number of allylic oxidation sites excluding steroid dienone is 1. The predicted molar refractivity (Wildman–Crippen MR) is 97.5 cm³/mol. The van der Waals surface area contributed by atoms with Gasteiger partial charge in [0.05, 0.1) is 5.39 Å². The molecule has 0 spiro atoms. The van der Waals surface area contributed by atoms with Crippen LogP contribution < -0.4 is 5.56 Å². The Labute approximate surface area is 146 Å². The molecule has 1 atom stereocenters. The van der Waals surface area contributed by atoms with Crippen LogP contribution in [0.5, 0.6) is 0 Å². The maximum absolute atomic E-state index is 12.5. The topological polar surface area (TPSA) is 72.0 Å². The smallest absolute Gasteiger partial charge is 0.331 e. The summed E-state index contributed by atoms with van der Waals surface area (Å²) in [4.78, 5) is 33.1. The highest BCUT2D eigenvalue weighted by Crippen LogP contribution is 2.33. The van der Waals surface area contributed by atoms with Crippen molar-refractivity contribution in [1.82, 2.24) is 9.97 Å². The minimum absolute atomic E-state index is 0.218. The SMILES string of the molecule is CC(C)=CC(=O)O[C@@H](C)c1nc2scc(-c3cccs3)c2c(=O)[nH]1. The molecule has 3 heterocycles. The van der Waals surface area contributed by atoms with Crippen LogP contribution >= 0.6 is 22.7 Å². The fourth-order valence-corrected chi connectivity index (χ4v) is 4.04. The largest absolute Gasteiger partial charge is 0.451 e. The van der Waals surface area contributed by atoms with E-state index in [2.05, 4.69) is 9.97 Å². The number of H-pyrrole nitrogens is 1. The van der Waals surface area contributed by atoms with E-state index in [0.717, 1.165) is 16.0 Å². The van der Waals surface area contributed by atoms with Gasteiger partial charge in [-0.1, -0.05) is 11.6 Å². The van der Waals surface area contributed by atoms with E-state index in [1.54, 1.807) is 18.3 Å². The van der Waals surface area contributed by atoms with Crippen LogP contribution in [0.2, 0.25) is 0 Å². The van der Waals surface area contributed by atoms with Gasteiger partial charge >= 0.3 is 5.97 Å². The Balaban J connectivity index is 1.96. The summed E-state index contributed by atoms with van der Waals surface area (Å²) in [5, 5.41) is 4.48. The van der Waals surface area contributed by atoms with Crippen LogP contribution in [0.3, 0.4) is 0 Å². The Kier molecular flexibility index (Phi) is 4.64. The number of esters is 1. The number of fused-ring (bicyclic) bond motifs is 1. The van der Waals surface area contributed by atoms with Gasteiger partial charge in [0.25, 0.3) is 5.56 Å². The van der Waals surface area contributed by atoms with Gasteiger partial charge in [0.15, 0.2) is 11.9 Å². The minimum Gasteiger partial charge on any atom is -0.451 e. The first kappa shape index (κ1) is 16.6. The molecule has 7 heteroatoms. The molecule has 3 aromatic rings. The van der Waals surface area contributed by atoms with Gasteiger partial charge in [0.1, 0.15) is 4.83 Å². The van der Waals surface area contributed by atoms with E-state index >= 15 is 0 Å². The summed E-state index contributed by atoms with van der Waals surface area (Å²) in [7, 11) is 0. The van der Waals surface area contributed by atoms with Crippen molar-refractivity contribution in [1.29, 1.82) is 0 Å². The van der Waals surface area contributed by atoms with Crippen molar-refractivity contribution in [2.75, 3.05) is 0 Å². The molecule has 3 rings (SSSR count). The molecule has 0 aromatic carbocycles. The number of hydrogen-bond donors (Lipinski definition) is 1. The van der Waals surface area contributed by atoms with Crippen molar-refractivity contribution in [2.24, 2.45) is 0 Å². The molecular weight excluding hydrogens is 344 g/mol. The third kappa shape index (κ3) is 3.32. The van der Waals surface area contributed by atoms with Gasteiger partial charge in [-0.25, -0.2) is 9.78 Å². The van der Waals surface area contributed by atoms with E-state index < -0.39 is 12.1 Å². The molecule has 0 aliphatic carbocycles. The average molecular weight is 360 g/mol. The highest BCUT2D eigenvalue weighted by Gasteiger charge is 2.18. The number of carbonyl (C=O) groups excluding carboxylic acids is 1. The molecule has 0 saturated carbocycles. The Bertz CT molecular complexity index is 964. The molecule has 24 heavy (non-hydrogen) atoms. The molecule has 124 valence electrons. The molecule has 0 unspecified atom stereocenters. The van der Waals surface area contributed by atoms with Crippen LogP contribution in [0.25, 0.3) is 20.7 Å². The fraction of sp³-hybridized carbons (Fsp3) is 0.235. The summed E-state index contributed by atoms with van der Waals surface area (Å²) < 4.78 is 5.29. The highest BCUT2D eigenvalue weighted by molar-refractivity contribution is 7.18. The maximum Gasteiger partial charge on any atom is 0.331 e. The van der Waals surface area contributed by atoms with Crippen molar-refractivity contribution in [3.05, 3.63) is 50.7 Å². The Hall–Kier alpha value is -2.25. The van der Waals surface area contributed by atoms with E-state index in [0.29, 0.717) is 16.0 Å². The number of hydrogen-bond acceptors (Lipinski definition) is 6. The number of thiophene rings is 2. The normalized spacial score (nSPS) is 12.1. The van der Waals surface area contributed by atoms with Gasteiger partial charge in [0.2, 0.25) is 0 Å². The molecule has 3 aromatic heterocycles. The lowest BCUT2D eigenvalue weighted by Crippen LogP contribution is -2.16. The molecule has 0 radical (unpaired) electrons. The zero-order chi connectivity index (χ0) is 17.3. The van der Waals surface area contributed by atoms with Gasteiger partial charge in [-0.2, -0.15) is 0 Å². The summed E-state index contributed by atoms with van der Waals surface area (Å²) in [5.74, 6) is -0.0988. The molecule has 0 saturated heterocycles. The molecular formula is C17H16N2O3S2. The van der Waals surface area contributed by atoms with Gasteiger partial charge in [-0.15, -0.1) is 22.7 Å². The van der Waals surface area contributed by atoms with E-state index in [-0.39, 0.29) is 5.56 Å². The number of aromatic nitrogens is 2. The second kappa shape index (κ2) is 6.70. The molecule has 0 aliphatic rings. The molecule has 1 N–H and O–H groups in total. The maximum atomic E-state index is 12.5. The molecule has 0 bridgehead atoms. The van der Waals surface area contributed by atoms with Crippen molar-refractivity contribution in [2.45, 2.75) is 26.9 Å². The summed E-state index contributed by atoms with van der Waals surface area (Å²) in [6, 6.07) is 3.92. The Morgan fingerprint density at radius 1 is 1.38 bits per heavy atom. The van der Waals surface area contributed by atoms with Gasteiger partial charge < -0.3 is 9.72 Å². The molecule has 0 amide bonds. The molecule has 5 nitrogen and oxygen atoms in total. The van der Waals surface area contributed by atoms with Gasteiger partial charge in [-0.05, 0) is 32.2 Å². The first-order chi connectivity index (χ1) is 11.5. The van der Waals surface area contributed by atoms with Gasteiger partial charge in [0, 0.05) is 21.9 Å². The van der Waals surface area contributed by atoms with Gasteiger partial charge in [-0.3, -0.25) is 4.79 Å². The number of carbonyl (C=O) groups is 1. The summed E-state index contributed by atoms with van der Waals surface area (Å²) in [6.45, 7) is 5.32. The van der Waals surface area contributed by atoms with Crippen LogP contribution in [0, 0.1) is 0 Å². The first-order valence-electron chi connectivity index (χ1n) is 7.36. The van der Waals surface area contributed by atoms with E-state index in [1.807, 2.05) is 36.7 Å². The van der Waals surface area contributed by atoms with Crippen LogP contribution in [0.1, 0.15) is 32.7 Å². The minimum atomic E-state index is -0.627. The second-order valence-corrected chi connectivity index (χ2v) is 7.36. The standard InChI is InChI=1S/C17H16N2O3S2/c1-9(2)7-13(20)22-10(3)15-18-16(21)14-11(8-24-17(14)19-15)12-5-4-6-23-12/h4-8,10H,1-3H3,(H,18,19,21)/t10-/m0/s1. The fourth-order valence-electron chi connectivity index (χ4n) is 2.27. The molecule has 0 aliphatic heterocycles. The number of ether oxygens (including phenoxy) is 1. The quantitative estimate of drug-likeness (QED) is 0.557. The Morgan fingerprint density at radius 3 is 2.83 bits per heavy atom. The number of aromatic amines is 1. The van der Waals surface area contributed by atoms with Crippen LogP contribution in [0.4, 0.5) is 0 Å². The third-order valence-electron chi connectivity index (χ3n) is 3.33. The van der Waals surface area contributed by atoms with Crippen molar-refractivity contribution in [3.63, 3.8) is 0 Å². The summed E-state index contributed by atoms with van der Waals surface area (Å²) >= 11 is 2.99. The zero-order valence-electron chi connectivity index (χ0n) is 13.5. The summed E-state index contributed by atoms with van der Waals surface area (Å²) in [5.41, 5.74) is 1.52. The van der Waals surface area contributed by atoms with Crippen LogP contribution in [0.15, 0.2) is 39.3 Å². The average Bonchev–Trinajstić information content (AvgIpc) is 3.14. The predicted octanol–water partition coefficient (Wildman–Crippen LogP) is 4.28. The lowest BCUT2D eigenvalue weighted by atomic mass is 10.2. The van der Waals surface area contributed by atoms with Crippen molar-refractivity contribution >= 4 is 38.9 Å². The second-order valence-electron chi connectivity index (χ2n) is 5.56. The zero-order valence-corrected chi connectivity index (χ0v) is 15.1. The first-order valence-corrected chi connectivity index (χ1v) is 9.12. The summed E-state index contributed by atoms with van der Waals surface area (Å²) in [6.07, 6.45) is 0.783. The lowest BCUT2D eigenvalue weighted by Gasteiger charge is -2.11. The number of rotatable bonds is 4. The highest BCUT2D eigenvalue weighted by atomic mass is 32.1. The Morgan fingerprint density at radius 2 is 2.17 bits per heavy atom. The van der Waals surface area contributed by atoms with E-state index in [4.69, 9.17) is 4.74 Å². The molecule has 0 fully saturated rings. The lowest BCUT2D eigenvalue weighted by molar-refractivity contribution is -0.142. The van der Waals surface area contributed by atoms with Crippen molar-refractivity contribution < 1.29 is 9.53 Å². The number of nitrogens with one attached hydrogen (secondary N) is 1.